The number of ether oxygens (including phenoxy) is 1. The Morgan fingerprint density at radius 1 is 1.03 bits per heavy atom. The zero-order valence-corrected chi connectivity index (χ0v) is 20.6. The van der Waals surface area contributed by atoms with Gasteiger partial charge in [-0.05, 0) is 54.8 Å². The van der Waals surface area contributed by atoms with Gasteiger partial charge < -0.3 is 14.5 Å². The zero-order chi connectivity index (χ0) is 25.2. The number of benzene rings is 3. The van der Waals surface area contributed by atoms with E-state index in [2.05, 4.69) is 15.8 Å². The van der Waals surface area contributed by atoms with Crippen LogP contribution in [0.3, 0.4) is 0 Å². The second kappa shape index (κ2) is 9.87. The first kappa shape index (κ1) is 23.6. The number of fused-ring (bicyclic) bond motifs is 2. The molecule has 5 rings (SSSR count). The van der Waals surface area contributed by atoms with Crippen LogP contribution in [-0.4, -0.2) is 24.6 Å². The summed E-state index contributed by atoms with van der Waals surface area (Å²) in [6, 6.07) is 18.3. The van der Waals surface area contributed by atoms with Gasteiger partial charge in [0.2, 0.25) is 0 Å². The lowest BCUT2D eigenvalue weighted by Gasteiger charge is -2.13. The lowest BCUT2D eigenvalue weighted by atomic mass is 9.93. The smallest absolute Gasteiger partial charge is 0.291 e. The number of hydrogen-bond acceptors (Lipinski definition) is 5. The Balaban J connectivity index is 1.41. The minimum Gasteiger partial charge on any atom is -0.495 e. The van der Waals surface area contributed by atoms with Gasteiger partial charge in [-0.1, -0.05) is 48.0 Å². The number of carbonyl (C=O) groups is 2. The van der Waals surface area contributed by atoms with Crippen molar-refractivity contribution in [3.8, 4) is 5.75 Å². The van der Waals surface area contributed by atoms with Crippen LogP contribution in [0, 0.1) is 6.92 Å². The molecule has 8 heteroatoms. The third kappa shape index (κ3) is 4.45. The number of nitrogens with zero attached hydrogens (tertiary/aromatic N) is 1. The normalized spacial score (nSPS) is 13.9. The SMILES string of the molecule is COc1ccc(Cl)cc1NC(=O)c1oc2c(c1C)/C(=N/NC(=O)c1cccc3ccccc13)CCC2. The summed E-state index contributed by atoms with van der Waals surface area (Å²) in [5, 5.41) is 9.58. The number of furan rings is 1. The molecule has 0 saturated carbocycles. The Bertz CT molecular complexity index is 1520. The first-order valence-electron chi connectivity index (χ1n) is 11.6. The molecule has 2 N–H and O–H groups in total. The van der Waals surface area contributed by atoms with Crippen molar-refractivity contribution in [2.45, 2.75) is 26.2 Å². The topological polar surface area (TPSA) is 92.9 Å². The molecule has 1 aliphatic carbocycles. The highest BCUT2D eigenvalue weighted by molar-refractivity contribution is 6.31. The Morgan fingerprint density at radius 3 is 2.67 bits per heavy atom. The van der Waals surface area contributed by atoms with Gasteiger partial charge in [0.05, 0.1) is 18.5 Å². The summed E-state index contributed by atoms with van der Waals surface area (Å²) in [5.74, 6) is 0.650. The average molecular weight is 502 g/mol. The summed E-state index contributed by atoms with van der Waals surface area (Å²) in [5.41, 5.74) is 5.82. The van der Waals surface area contributed by atoms with Crippen LogP contribution in [0.5, 0.6) is 5.75 Å². The number of amides is 2. The van der Waals surface area contributed by atoms with E-state index in [0.29, 0.717) is 51.9 Å². The highest BCUT2D eigenvalue weighted by Gasteiger charge is 2.28. The predicted molar refractivity (Wildman–Crippen MR) is 140 cm³/mol. The van der Waals surface area contributed by atoms with Crippen molar-refractivity contribution in [2.75, 3.05) is 12.4 Å². The van der Waals surface area contributed by atoms with Crippen molar-refractivity contribution in [1.82, 2.24) is 5.43 Å². The summed E-state index contributed by atoms with van der Waals surface area (Å²) in [4.78, 5) is 26.1. The highest BCUT2D eigenvalue weighted by atomic mass is 35.5. The first-order valence-corrected chi connectivity index (χ1v) is 12.0. The number of hydrogen-bond donors (Lipinski definition) is 2. The molecule has 182 valence electrons. The summed E-state index contributed by atoms with van der Waals surface area (Å²) in [6.07, 6.45) is 2.14. The third-order valence-corrected chi connectivity index (χ3v) is 6.50. The number of rotatable bonds is 5. The zero-order valence-electron chi connectivity index (χ0n) is 19.9. The molecule has 2 amide bonds. The van der Waals surface area contributed by atoms with E-state index in [4.69, 9.17) is 20.8 Å². The molecule has 0 radical (unpaired) electrons. The number of aryl methyl sites for hydroxylation is 1. The van der Waals surface area contributed by atoms with Gasteiger partial charge in [-0.25, -0.2) is 5.43 Å². The first-order chi connectivity index (χ1) is 17.5. The van der Waals surface area contributed by atoms with Crippen LogP contribution in [-0.2, 0) is 6.42 Å². The highest BCUT2D eigenvalue weighted by Crippen LogP contribution is 2.32. The predicted octanol–water partition coefficient (Wildman–Crippen LogP) is 6.13. The van der Waals surface area contributed by atoms with E-state index in [1.165, 1.54) is 7.11 Å². The fraction of sp³-hybridized carbons (Fsp3) is 0.179. The summed E-state index contributed by atoms with van der Waals surface area (Å²) in [7, 11) is 1.52. The third-order valence-electron chi connectivity index (χ3n) is 6.27. The van der Waals surface area contributed by atoms with E-state index in [0.717, 1.165) is 22.8 Å². The van der Waals surface area contributed by atoms with Crippen molar-refractivity contribution < 1.29 is 18.7 Å². The lowest BCUT2D eigenvalue weighted by Crippen LogP contribution is -2.22. The van der Waals surface area contributed by atoms with Crippen LogP contribution in [0.25, 0.3) is 10.8 Å². The van der Waals surface area contributed by atoms with Crippen LogP contribution in [0.4, 0.5) is 5.69 Å². The van der Waals surface area contributed by atoms with Gasteiger partial charge in [0.15, 0.2) is 5.76 Å². The average Bonchev–Trinajstić information content (AvgIpc) is 3.24. The standard InChI is InChI=1S/C28H24ClN3O4/c1-16-25-21(31-32-27(33)20-10-5-8-17-7-3-4-9-19(17)20)11-6-12-24(25)36-26(16)28(34)30-22-15-18(29)13-14-23(22)35-2/h3-5,7-10,13-15H,6,11-12H2,1-2H3,(H,30,34)(H,32,33)/b31-21+. The van der Waals surface area contributed by atoms with E-state index in [1.807, 2.05) is 43.3 Å². The van der Waals surface area contributed by atoms with Gasteiger partial charge >= 0.3 is 0 Å². The number of hydrazone groups is 1. The molecule has 0 spiro atoms. The maximum absolute atomic E-state index is 13.1. The molecule has 1 heterocycles. The van der Waals surface area contributed by atoms with Crippen LogP contribution < -0.4 is 15.5 Å². The van der Waals surface area contributed by atoms with Crippen LogP contribution in [0.1, 0.15) is 50.6 Å². The maximum Gasteiger partial charge on any atom is 0.291 e. The number of carbonyl (C=O) groups excluding carboxylic acids is 2. The van der Waals surface area contributed by atoms with E-state index < -0.39 is 5.91 Å². The van der Waals surface area contributed by atoms with E-state index >= 15 is 0 Å². The fourth-order valence-electron chi connectivity index (χ4n) is 4.56. The largest absolute Gasteiger partial charge is 0.495 e. The van der Waals surface area contributed by atoms with Crippen molar-refractivity contribution in [3.63, 3.8) is 0 Å². The van der Waals surface area contributed by atoms with Crippen molar-refractivity contribution in [3.05, 3.63) is 93.9 Å². The summed E-state index contributed by atoms with van der Waals surface area (Å²) < 4.78 is 11.3. The Morgan fingerprint density at radius 2 is 1.83 bits per heavy atom. The van der Waals surface area contributed by atoms with Crippen LogP contribution in [0.2, 0.25) is 5.02 Å². The minimum absolute atomic E-state index is 0.192. The second-order valence-electron chi connectivity index (χ2n) is 8.53. The van der Waals surface area contributed by atoms with Crippen molar-refractivity contribution in [2.24, 2.45) is 5.10 Å². The molecule has 7 nitrogen and oxygen atoms in total. The molecule has 1 aliphatic rings. The fourth-order valence-corrected chi connectivity index (χ4v) is 4.73. The number of methoxy groups -OCH3 is 1. The van der Waals surface area contributed by atoms with Gasteiger partial charge in [0, 0.05) is 28.1 Å². The van der Waals surface area contributed by atoms with Gasteiger partial charge in [0.1, 0.15) is 11.5 Å². The molecular formula is C28H24ClN3O4. The second-order valence-corrected chi connectivity index (χ2v) is 8.97. The summed E-state index contributed by atoms with van der Waals surface area (Å²) >= 11 is 6.09. The van der Waals surface area contributed by atoms with Crippen molar-refractivity contribution >= 4 is 45.6 Å². The Labute approximate surface area is 213 Å². The maximum atomic E-state index is 13.1. The minimum atomic E-state index is -0.415. The lowest BCUT2D eigenvalue weighted by molar-refractivity contribution is 0.0955. The molecular weight excluding hydrogens is 478 g/mol. The van der Waals surface area contributed by atoms with Gasteiger partial charge in [-0.2, -0.15) is 5.10 Å². The Kier molecular flexibility index (Phi) is 6.48. The van der Waals surface area contributed by atoms with Gasteiger partial charge in [-0.3, -0.25) is 9.59 Å². The molecule has 0 unspecified atom stereocenters. The number of anilines is 1. The molecule has 0 fully saturated rings. The van der Waals surface area contributed by atoms with E-state index in [9.17, 15) is 9.59 Å². The molecule has 3 aromatic carbocycles. The number of halogens is 1. The molecule has 0 atom stereocenters. The van der Waals surface area contributed by atoms with Crippen LogP contribution >= 0.6 is 11.6 Å². The molecule has 36 heavy (non-hydrogen) atoms. The van der Waals surface area contributed by atoms with Crippen molar-refractivity contribution in [1.29, 1.82) is 0 Å². The Hall–Kier alpha value is -4.10. The van der Waals surface area contributed by atoms with Gasteiger partial charge in [0.25, 0.3) is 11.8 Å². The number of nitrogens with one attached hydrogen (secondary N) is 2. The molecule has 4 aromatic rings. The quantitative estimate of drug-likeness (QED) is 0.322. The van der Waals surface area contributed by atoms with Crippen LogP contribution in [0.15, 0.2) is 70.2 Å². The van der Waals surface area contributed by atoms with Gasteiger partial charge in [-0.15, -0.1) is 0 Å². The molecule has 0 aliphatic heterocycles. The molecule has 1 aromatic heterocycles. The molecule has 0 saturated heterocycles. The molecule has 0 bridgehead atoms. The van der Waals surface area contributed by atoms with E-state index in [1.54, 1.807) is 24.3 Å². The van der Waals surface area contributed by atoms with E-state index in [-0.39, 0.29) is 11.7 Å². The summed E-state index contributed by atoms with van der Waals surface area (Å²) in [6.45, 7) is 1.82. The monoisotopic (exact) mass is 501 g/mol.